The Bertz CT molecular complexity index is 2570. The monoisotopic (exact) mass is 869 g/mol. The van der Waals surface area contributed by atoms with Gasteiger partial charge in [0.1, 0.15) is 66.9 Å². The van der Waals surface area contributed by atoms with E-state index >= 15 is 0 Å². The third-order valence-electron chi connectivity index (χ3n) is 9.71. The minimum absolute atomic E-state index is 0.0285. The molecule has 3 aliphatic heterocycles. The Morgan fingerprint density at radius 1 is 0.780 bits per heavy atom. The number of aliphatic hydroxyl groups excluding tert-OH is 2. The summed E-state index contributed by atoms with van der Waals surface area (Å²) in [4.78, 5) is 72.8. The van der Waals surface area contributed by atoms with Gasteiger partial charge in [-0.1, -0.05) is 0 Å². The number of nitrogens with two attached hydrogens (primary N) is 3. The minimum atomic E-state index is -5.05. The summed E-state index contributed by atoms with van der Waals surface area (Å²) in [6, 6.07) is 1.30. The van der Waals surface area contributed by atoms with Crippen molar-refractivity contribution in [3.8, 4) is 0 Å². The molecule has 0 aromatic carbocycles. The first-order chi connectivity index (χ1) is 28.1. The van der Waals surface area contributed by atoms with Gasteiger partial charge >= 0.3 is 21.3 Å². The number of phosphoric acid groups is 2. The molecule has 8 heterocycles. The van der Waals surface area contributed by atoms with Crippen LogP contribution >= 0.6 is 15.6 Å². The van der Waals surface area contributed by atoms with Gasteiger partial charge in [-0.3, -0.25) is 41.6 Å². The molecule has 11 atom stereocenters. The van der Waals surface area contributed by atoms with E-state index in [4.69, 9.17) is 49.5 Å². The number of H-pyrrole nitrogens is 1. The molecule has 28 nitrogen and oxygen atoms in total. The number of fused-ring (bicyclic) bond motifs is 2. The lowest BCUT2D eigenvalue weighted by Gasteiger charge is -2.24. The SMILES string of the molecule is Nc1ccn([C@H]2C[C@H](OP(=O)(O)OC[C@H]3O[C@@H](n4cnc5c(=O)[nH]c(N)nc54)C[C@@H]3O)[C@@H](COP(=O)(O)O[C@H]3C[C@H](n4cnc5c(N)ncnc54)O[C@@H]3CO)O2)c(=O)n1. The van der Waals surface area contributed by atoms with Crippen LogP contribution in [0.4, 0.5) is 17.6 Å². The lowest BCUT2D eigenvalue weighted by atomic mass is 10.2. The minimum Gasteiger partial charge on any atom is -0.394 e. The number of aliphatic hydroxyl groups is 2. The molecule has 5 aromatic rings. The van der Waals surface area contributed by atoms with Crippen molar-refractivity contribution in [3.05, 3.63) is 52.1 Å². The van der Waals surface area contributed by atoms with E-state index in [1.807, 2.05) is 0 Å². The number of hydrogen-bond donors (Lipinski definition) is 8. The average Bonchev–Trinajstić information content (AvgIpc) is 4.00. The molecule has 3 aliphatic rings. The van der Waals surface area contributed by atoms with E-state index in [9.17, 15) is 38.7 Å². The van der Waals surface area contributed by atoms with E-state index in [2.05, 4.69) is 34.9 Å². The summed E-state index contributed by atoms with van der Waals surface area (Å²) in [5, 5.41) is 20.7. The molecule has 2 unspecified atom stereocenters. The topological polar surface area (TPSA) is 400 Å². The average molecular weight is 870 g/mol. The Morgan fingerprint density at radius 2 is 1.37 bits per heavy atom. The molecule has 8 rings (SSSR count). The predicted octanol–water partition coefficient (Wildman–Crippen LogP) is -1.82. The number of nitrogens with one attached hydrogen (secondary N) is 1. The van der Waals surface area contributed by atoms with Crippen molar-refractivity contribution >= 4 is 55.6 Å². The molecule has 0 saturated carbocycles. The molecule has 30 heteroatoms. The number of ether oxygens (including phenoxy) is 3. The molecule has 0 bridgehead atoms. The van der Waals surface area contributed by atoms with Gasteiger partial charge in [0.15, 0.2) is 22.6 Å². The van der Waals surface area contributed by atoms with Gasteiger partial charge in [0.05, 0.1) is 38.6 Å². The number of hydrogen-bond acceptors (Lipinski definition) is 22. The molecule has 0 amide bonds. The summed E-state index contributed by atoms with van der Waals surface area (Å²) in [5.41, 5.74) is 16.4. The second kappa shape index (κ2) is 16.0. The highest BCUT2D eigenvalue weighted by Crippen LogP contribution is 2.52. The predicted molar refractivity (Wildman–Crippen MR) is 195 cm³/mol. The van der Waals surface area contributed by atoms with Gasteiger partial charge in [0, 0.05) is 25.5 Å². The van der Waals surface area contributed by atoms with Crippen molar-refractivity contribution < 1.29 is 61.4 Å². The normalized spacial score (nSPS) is 29.3. The van der Waals surface area contributed by atoms with Crippen LogP contribution in [0.1, 0.15) is 37.9 Å². The van der Waals surface area contributed by atoms with Crippen molar-refractivity contribution in [2.24, 2.45) is 0 Å². The zero-order chi connectivity index (χ0) is 41.8. The maximum absolute atomic E-state index is 13.3. The number of aromatic nitrogens is 10. The van der Waals surface area contributed by atoms with Crippen molar-refractivity contribution in [2.75, 3.05) is 37.0 Å². The number of aromatic amines is 1. The van der Waals surface area contributed by atoms with Crippen LogP contribution in [0.25, 0.3) is 22.3 Å². The first kappa shape index (κ1) is 41.0. The molecule has 3 saturated heterocycles. The van der Waals surface area contributed by atoms with Gasteiger partial charge in [-0.15, -0.1) is 0 Å². The highest BCUT2D eigenvalue weighted by atomic mass is 31.2. The summed E-state index contributed by atoms with van der Waals surface area (Å²) in [7, 11) is -10.1. The molecular formula is C29H37N13O15P2. The summed E-state index contributed by atoms with van der Waals surface area (Å²) in [5.74, 6) is -0.146. The van der Waals surface area contributed by atoms with E-state index in [-0.39, 0.29) is 48.0 Å². The van der Waals surface area contributed by atoms with Gasteiger partial charge in [-0.25, -0.2) is 33.9 Å². The maximum Gasteiger partial charge on any atom is 0.472 e. The van der Waals surface area contributed by atoms with Crippen LogP contribution in [-0.4, -0.2) is 125 Å². The van der Waals surface area contributed by atoms with Crippen LogP contribution in [0.15, 0.2) is 40.8 Å². The zero-order valence-corrected chi connectivity index (χ0v) is 32.0. The summed E-state index contributed by atoms with van der Waals surface area (Å²) < 4.78 is 69.5. The Morgan fingerprint density at radius 3 is 2.07 bits per heavy atom. The smallest absolute Gasteiger partial charge is 0.394 e. The molecular weight excluding hydrogens is 832 g/mol. The lowest BCUT2D eigenvalue weighted by molar-refractivity contribution is -0.0609. The summed E-state index contributed by atoms with van der Waals surface area (Å²) >= 11 is 0. The highest BCUT2D eigenvalue weighted by molar-refractivity contribution is 7.47. The molecule has 0 radical (unpaired) electrons. The second-order valence-electron chi connectivity index (χ2n) is 13.6. The Kier molecular flexibility index (Phi) is 11.1. The van der Waals surface area contributed by atoms with Crippen LogP contribution in [0.5, 0.6) is 0 Å². The quantitative estimate of drug-likeness (QED) is 0.0570. The fraction of sp³-hybridized carbons (Fsp3) is 0.517. The second-order valence-corrected chi connectivity index (χ2v) is 16.4. The molecule has 59 heavy (non-hydrogen) atoms. The number of nitrogen functional groups attached to an aromatic ring is 3. The molecule has 11 N–H and O–H groups in total. The third kappa shape index (κ3) is 8.49. The highest BCUT2D eigenvalue weighted by Gasteiger charge is 2.46. The molecule has 3 fully saturated rings. The van der Waals surface area contributed by atoms with Gasteiger partial charge in [0.25, 0.3) is 5.56 Å². The Labute approximate surface area is 329 Å². The van der Waals surface area contributed by atoms with Gasteiger partial charge in [-0.2, -0.15) is 9.97 Å². The van der Waals surface area contributed by atoms with Crippen molar-refractivity contribution in [3.63, 3.8) is 0 Å². The van der Waals surface area contributed by atoms with Crippen LogP contribution < -0.4 is 28.5 Å². The van der Waals surface area contributed by atoms with Gasteiger partial charge < -0.3 is 51.4 Å². The first-order valence-electron chi connectivity index (χ1n) is 17.6. The van der Waals surface area contributed by atoms with Crippen molar-refractivity contribution in [2.45, 2.75) is 74.6 Å². The van der Waals surface area contributed by atoms with E-state index in [0.29, 0.717) is 11.2 Å². The Balaban J connectivity index is 0.927. The lowest BCUT2D eigenvalue weighted by Crippen LogP contribution is -2.31. The number of phosphoric ester groups is 2. The summed E-state index contributed by atoms with van der Waals surface area (Å²) in [6.45, 7) is -2.07. The largest absolute Gasteiger partial charge is 0.472 e. The molecule has 0 spiro atoms. The molecule has 0 aliphatic carbocycles. The molecule has 5 aromatic heterocycles. The van der Waals surface area contributed by atoms with Gasteiger partial charge in [0.2, 0.25) is 5.95 Å². The van der Waals surface area contributed by atoms with Gasteiger partial charge in [-0.05, 0) is 6.07 Å². The van der Waals surface area contributed by atoms with Crippen LogP contribution in [0.3, 0.4) is 0 Å². The number of rotatable bonds is 14. The van der Waals surface area contributed by atoms with E-state index < -0.39 is 102 Å². The standard InChI is InChI=1S/C29H37N13O15P2/c30-18-1-2-40(29(46)37-18)20-5-14(57-58(47,48)51-7-16-12(44)3-19(54-16)42-11-36-23-26(42)38-28(32)39-27(23)45)17(55-20)8-52-59(49,50)56-13-4-21(53-15(13)6-43)41-10-35-22-24(31)33-9-34-25(22)41/h1-2,9-17,19-21,43-44H,3-8H2,(H,47,48)(H,49,50)(H2,30,37,46)(H2,31,33,34)(H3,32,38,39,45)/t12-,13-,14-,15+,16+,17+,19+,20+,21+/m0/s1. The number of anilines is 3. The van der Waals surface area contributed by atoms with Crippen LogP contribution in [0, 0.1) is 0 Å². The Hall–Kier alpha value is -4.80. The maximum atomic E-state index is 13.3. The van der Waals surface area contributed by atoms with E-state index in [1.54, 1.807) is 0 Å². The molecule has 318 valence electrons. The van der Waals surface area contributed by atoms with E-state index in [1.165, 1.54) is 40.4 Å². The number of nitrogens with zero attached hydrogens (tertiary/aromatic N) is 9. The van der Waals surface area contributed by atoms with Crippen molar-refractivity contribution in [1.29, 1.82) is 0 Å². The third-order valence-corrected chi connectivity index (χ3v) is 11.7. The fourth-order valence-electron chi connectivity index (χ4n) is 6.93. The fourth-order valence-corrected chi connectivity index (χ4v) is 8.85. The van der Waals surface area contributed by atoms with Crippen LogP contribution in [-0.2, 0) is 41.4 Å². The first-order valence-corrected chi connectivity index (χ1v) is 20.6. The number of imidazole rings is 2. The van der Waals surface area contributed by atoms with Crippen molar-refractivity contribution in [1.82, 2.24) is 48.6 Å². The van der Waals surface area contributed by atoms with E-state index in [0.717, 1.165) is 4.57 Å². The van der Waals surface area contributed by atoms with Crippen LogP contribution in [0.2, 0.25) is 0 Å². The summed E-state index contributed by atoms with van der Waals surface area (Å²) in [6.07, 6.45) is -5.76. The zero-order valence-electron chi connectivity index (χ0n) is 30.3.